The molecule has 1 unspecified atom stereocenters. The third-order valence-electron chi connectivity index (χ3n) is 9.74. The topological polar surface area (TPSA) is 0 Å². The van der Waals surface area contributed by atoms with Crippen LogP contribution in [0.4, 0.5) is 0 Å². The van der Waals surface area contributed by atoms with E-state index >= 15 is 0 Å². The molecule has 0 amide bonds. The van der Waals surface area contributed by atoms with Crippen LogP contribution < -0.4 is 0 Å². The molecule has 1 atom stereocenters. The Kier molecular flexibility index (Phi) is 6.14. The molecule has 6 rings (SSSR count). The van der Waals surface area contributed by atoms with E-state index in [9.17, 15) is 0 Å². The zero-order valence-electron chi connectivity index (χ0n) is 24.2. The standard InChI is InChI=1S/C38H42/c1-8-38(7)21-31(22-38)34-17-26(6)32-14-13-28(19-36(32)34)29-18-30-16-25(5)33(15-23(2)3)37(35(30)20-29)27-11-9-24(4)10-12-27/h9-14,16-19,26,31H,2,8,15,20-22H2,1,3-7H3. The van der Waals surface area contributed by atoms with Gasteiger partial charge in [-0.2, -0.15) is 0 Å². The SMILES string of the molecule is C=C(C)Cc1c(C)cc2c(c1-c1ccc(C)cc1)CC(c1ccc3c(c1)C(C1CC(C)(CC)C1)=CC3C)=C2. The van der Waals surface area contributed by atoms with E-state index < -0.39 is 0 Å². The average Bonchev–Trinajstić information content (AvgIpc) is 3.43. The molecule has 1 saturated carbocycles. The van der Waals surface area contributed by atoms with Crippen LogP contribution in [-0.2, 0) is 12.8 Å². The predicted molar refractivity (Wildman–Crippen MR) is 165 cm³/mol. The largest absolute Gasteiger partial charge is 0.0998 e. The Bertz CT molecular complexity index is 1500. The van der Waals surface area contributed by atoms with Gasteiger partial charge >= 0.3 is 0 Å². The van der Waals surface area contributed by atoms with Gasteiger partial charge in [-0.25, -0.2) is 0 Å². The summed E-state index contributed by atoms with van der Waals surface area (Å²) in [5.41, 5.74) is 19.0. The summed E-state index contributed by atoms with van der Waals surface area (Å²) in [5.74, 6) is 1.26. The fourth-order valence-electron chi connectivity index (χ4n) is 7.31. The molecule has 1 fully saturated rings. The van der Waals surface area contributed by atoms with Gasteiger partial charge in [0.05, 0.1) is 0 Å². The molecule has 0 spiro atoms. The molecule has 0 heterocycles. The zero-order valence-corrected chi connectivity index (χ0v) is 24.2. The number of allylic oxidation sites excluding steroid dienone is 4. The monoisotopic (exact) mass is 498 g/mol. The van der Waals surface area contributed by atoms with E-state index in [0.29, 0.717) is 11.3 Å². The van der Waals surface area contributed by atoms with Crippen LogP contribution in [0.3, 0.4) is 0 Å². The van der Waals surface area contributed by atoms with Crippen LogP contribution in [0, 0.1) is 25.2 Å². The van der Waals surface area contributed by atoms with E-state index in [2.05, 4.69) is 109 Å². The lowest BCUT2D eigenvalue weighted by Gasteiger charge is -2.46. The second-order valence-corrected chi connectivity index (χ2v) is 12.9. The van der Waals surface area contributed by atoms with Gasteiger partial charge in [0.1, 0.15) is 0 Å². The second-order valence-electron chi connectivity index (χ2n) is 12.9. The first-order chi connectivity index (χ1) is 18.2. The highest BCUT2D eigenvalue weighted by Crippen LogP contribution is 2.56. The number of hydrogen-bond acceptors (Lipinski definition) is 0. The van der Waals surface area contributed by atoms with Gasteiger partial charge in [0.2, 0.25) is 0 Å². The lowest BCUT2D eigenvalue weighted by Crippen LogP contribution is -2.34. The Morgan fingerprint density at radius 2 is 1.71 bits per heavy atom. The molecule has 38 heavy (non-hydrogen) atoms. The Morgan fingerprint density at radius 3 is 2.39 bits per heavy atom. The molecular weight excluding hydrogens is 456 g/mol. The Balaban J connectivity index is 1.38. The number of fused-ring (bicyclic) bond motifs is 2. The van der Waals surface area contributed by atoms with Gasteiger partial charge in [0.25, 0.3) is 0 Å². The number of hydrogen-bond donors (Lipinski definition) is 0. The summed E-state index contributed by atoms with van der Waals surface area (Å²) in [5, 5.41) is 0. The van der Waals surface area contributed by atoms with Gasteiger partial charge in [-0.1, -0.05) is 99.5 Å². The van der Waals surface area contributed by atoms with Crippen LogP contribution in [0.15, 0.2) is 66.8 Å². The van der Waals surface area contributed by atoms with Crippen molar-refractivity contribution in [2.45, 2.75) is 79.6 Å². The fraction of sp³-hybridized carbons (Fsp3) is 0.368. The highest BCUT2D eigenvalue weighted by atomic mass is 14.5. The van der Waals surface area contributed by atoms with Crippen LogP contribution in [0.1, 0.15) is 97.4 Å². The zero-order chi connectivity index (χ0) is 26.8. The molecule has 0 bridgehead atoms. The molecule has 3 aromatic carbocycles. The lowest BCUT2D eigenvalue weighted by molar-refractivity contribution is 0.108. The van der Waals surface area contributed by atoms with Gasteiger partial charge in [-0.15, -0.1) is 0 Å². The molecule has 0 aromatic heterocycles. The van der Waals surface area contributed by atoms with Crippen molar-refractivity contribution >= 4 is 17.2 Å². The first-order valence-electron chi connectivity index (χ1n) is 14.6. The van der Waals surface area contributed by atoms with Crippen LogP contribution in [0.5, 0.6) is 0 Å². The van der Waals surface area contributed by atoms with E-state index in [4.69, 9.17) is 0 Å². The average molecular weight is 499 g/mol. The summed E-state index contributed by atoms with van der Waals surface area (Å²) < 4.78 is 0. The van der Waals surface area contributed by atoms with Crippen LogP contribution >= 0.6 is 0 Å². The maximum atomic E-state index is 4.26. The Hall–Kier alpha value is -3.12. The minimum absolute atomic E-state index is 0.526. The summed E-state index contributed by atoms with van der Waals surface area (Å²) in [4.78, 5) is 0. The minimum Gasteiger partial charge on any atom is -0.0998 e. The first kappa shape index (κ1) is 25.2. The Labute approximate surface area is 230 Å². The van der Waals surface area contributed by atoms with Crippen molar-refractivity contribution in [3.8, 4) is 11.1 Å². The number of aryl methyl sites for hydroxylation is 2. The smallest absolute Gasteiger partial charge is 0.000174 e. The van der Waals surface area contributed by atoms with Crippen LogP contribution in [0.25, 0.3) is 28.3 Å². The molecule has 3 aromatic rings. The van der Waals surface area contributed by atoms with Gasteiger partial charge < -0.3 is 0 Å². The summed E-state index contributed by atoms with van der Waals surface area (Å²) in [6.45, 7) is 18.1. The third kappa shape index (κ3) is 4.23. The molecule has 0 nitrogen and oxygen atoms in total. The summed E-state index contributed by atoms with van der Waals surface area (Å²) in [7, 11) is 0. The van der Waals surface area contributed by atoms with E-state index in [0.717, 1.165) is 18.8 Å². The molecule has 0 aliphatic heterocycles. The van der Waals surface area contributed by atoms with Crippen molar-refractivity contribution in [3.05, 3.63) is 111 Å². The van der Waals surface area contributed by atoms with Gasteiger partial charge in [0.15, 0.2) is 0 Å². The Morgan fingerprint density at radius 1 is 1.00 bits per heavy atom. The molecule has 194 valence electrons. The molecule has 0 heteroatoms. The van der Waals surface area contributed by atoms with Gasteiger partial charge in [0, 0.05) is 5.92 Å². The normalized spacial score (nSPS) is 23.4. The minimum atomic E-state index is 0.526. The molecule has 0 N–H and O–H groups in total. The van der Waals surface area contributed by atoms with E-state index in [1.807, 2.05) is 0 Å². The number of benzene rings is 3. The van der Waals surface area contributed by atoms with Crippen LogP contribution in [-0.4, -0.2) is 0 Å². The molecular formula is C38H42. The van der Waals surface area contributed by atoms with Crippen molar-refractivity contribution in [3.63, 3.8) is 0 Å². The van der Waals surface area contributed by atoms with E-state index in [-0.39, 0.29) is 0 Å². The molecule has 3 aliphatic rings. The summed E-state index contributed by atoms with van der Waals surface area (Å²) in [6.07, 6.45) is 10.9. The molecule has 0 saturated heterocycles. The molecule has 3 aliphatic carbocycles. The van der Waals surface area contributed by atoms with Crippen molar-refractivity contribution in [1.29, 1.82) is 0 Å². The predicted octanol–water partition coefficient (Wildman–Crippen LogP) is 10.5. The maximum absolute atomic E-state index is 4.26. The van der Waals surface area contributed by atoms with Crippen molar-refractivity contribution in [2.75, 3.05) is 0 Å². The van der Waals surface area contributed by atoms with E-state index in [1.165, 1.54) is 86.0 Å². The summed E-state index contributed by atoms with van der Waals surface area (Å²) in [6, 6.07) is 18.8. The maximum Gasteiger partial charge on any atom is 0.000174 e. The van der Waals surface area contributed by atoms with E-state index in [1.54, 1.807) is 5.57 Å². The van der Waals surface area contributed by atoms with Crippen molar-refractivity contribution in [1.82, 2.24) is 0 Å². The highest BCUT2D eigenvalue weighted by molar-refractivity contribution is 5.94. The van der Waals surface area contributed by atoms with Gasteiger partial charge in [-0.3, -0.25) is 0 Å². The third-order valence-corrected chi connectivity index (χ3v) is 9.74. The quantitative estimate of drug-likeness (QED) is 0.296. The lowest BCUT2D eigenvalue weighted by atomic mass is 9.59. The van der Waals surface area contributed by atoms with Gasteiger partial charge in [-0.05, 0) is 125 Å². The first-order valence-corrected chi connectivity index (χ1v) is 14.6. The molecule has 0 radical (unpaired) electrons. The highest BCUT2D eigenvalue weighted by Gasteiger charge is 2.42. The fourth-order valence-corrected chi connectivity index (χ4v) is 7.31. The second kappa shape index (κ2) is 9.26. The van der Waals surface area contributed by atoms with Crippen molar-refractivity contribution in [2.24, 2.45) is 11.3 Å². The summed E-state index contributed by atoms with van der Waals surface area (Å²) >= 11 is 0. The number of rotatable bonds is 6. The van der Waals surface area contributed by atoms with Crippen molar-refractivity contribution < 1.29 is 0 Å². The van der Waals surface area contributed by atoms with Crippen LogP contribution in [0.2, 0.25) is 0 Å².